The highest BCUT2D eigenvalue weighted by atomic mass is 35.5. The molecule has 4 aliphatic carbocycles. The van der Waals surface area contributed by atoms with E-state index in [-0.39, 0.29) is 18.5 Å². The van der Waals surface area contributed by atoms with Crippen LogP contribution in [0.4, 0.5) is 0 Å². The molecular weight excluding hydrogens is 298 g/mol. The number of hydrogen-bond donors (Lipinski definition) is 1. The average molecular weight is 330 g/mol. The topological polar surface area (TPSA) is 32.7 Å². The van der Waals surface area contributed by atoms with Gasteiger partial charge in [-0.05, 0) is 81.7 Å². The Kier molecular flexibility index (Phi) is 5.70. The second-order valence-corrected chi connectivity index (χ2v) is 8.24. The third-order valence-electron chi connectivity index (χ3n) is 6.54. The number of ether oxygens (including phenoxy) is 1. The van der Waals surface area contributed by atoms with Crippen LogP contribution in [0.5, 0.6) is 0 Å². The molecule has 4 bridgehead atoms. The Morgan fingerprint density at radius 1 is 0.909 bits per heavy atom. The lowest BCUT2D eigenvalue weighted by Gasteiger charge is -2.54. The van der Waals surface area contributed by atoms with Crippen molar-refractivity contribution in [1.29, 1.82) is 0 Å². The third kappa shape index (κ3) is 3.63. The summed E-state index contributed by atoms with van der Waals surface area (Å²) in [5.74, 6) is 3.63. The number of β-amino-alcohol motifs (C(OH)–C–C–N with tert-alkyl or cyclic N) is 1. The van der Waals surface area contributed by atoms with Crippen molar-refractivity contribution in [2.45, 2.75) is 63.6 Å². The van der Waals surface area contributed by atoms with Crippen LogP contribution in [0.25, 0.3) is 0 Å². The minimum atomic E-state index is -0.291. The normalized spacial score (nSPS) is 42.1. The average Bonchev–Trinajstić information content (AvgIpc) is 2.47. The van der Waals surface area contributed by atoms with Crippen LogP contribution < -0.4 is 0 Å². The van der Waals surface area contributed by atoms with E-state index in [4.69, 9.17) is 4.74 Å². The number of halogens is 1. The molecule has 0 aromatic heterocycles. The lowest BCUT2D eigenvalue weighted by Crippen LogP contribution is -2.50. The number of piperidine rings is 1. The number of rotatable bonds is 5. The summed E-state index contributed by atoms with van der Waals surface area (Å²) in [7, 11) is 0. The molecule has 0 aromatic carbocycles. The summed E-state index contributed by atoms with van der Waals surface area (Å²) < 4.78 is 6.25. The molecule has 128 valence electrons. The van der Waals surface area contributed by atoms with Crippen LogP contribution in [0.1, 0.15) is 51.4 Å². The van der Waals surface area contributed by atoms with Crippen molar-refractivity contribution >= 4 is 12.4 Å². The quantitative estimate of drug-likeness (QED) is 0.841. The molecule has 22 heavy (non-hydrogen) atoms. The minimum Gasteiger partial charge on any atom is -0.389 e. The Morgan fingerprint density at radius 3 is 2.09 bits per heavy atom. The molecule has 4 saturated carbocycles. The van der Waals surface area contributed by atoms with E-state index in [1.165, 1.54) is 51.4 Å². The molecule has 4 heteroatoms. The molecule has 5 aliphatic rings. The van der Waals surface area contributed by atoms with Crippen LogP contribution in [-0.2, 0) is 4.74 Å². The van der Waals surface area contributed by atoms with E-state index in [0.717, 1.165) is 43.3 Å². The summed E-state index contributed by atoms with van der Waals surface area (Å²) in [6.07, 6.45) is 11.2. The fraction of sp³-hybridized carbons (Fsp3) is 1.00. The monoisotopic (exact) mass is 329 g/mol. The Morgan fingerprint density at radius 2 is 1.50 bits per heavy atom. The summed E-state index contributed by atoms with van der Waals surface area (Å²) in [4.78, 5) is 2.41. The van der Waals surface area contributed by atoms with Gasteiger partial charge in [0, 0.05) is 6.54 Å². The predicted octanol–water partition coefficient (Wildman–Crippen LogP) is 3.10. The molecule has 0 spiro atoms. The van der Waals surface area contributed by atoms with Gasteiger partial charge in [-0.3, -0.25) is 0 Å². The maximum atomic E-state index is 10.3. The lowest BCUT2D eigenvalue weighted by atomic mass is 9.55. The lowest BCUT2D eigenvalue weighted by molar-refractivity contribution is -0.141. The molecule has 5 rings (SSSR count). The van der Waals surface area contributed by atoms with E-state index in [9.17, 15) is 5.11 Å². The molecule has 5 fully saturated rings. The summed E-state index contributed by atoms with van der Waals surface area (Å²) in [5.41, 5.74) is 0. The molecule has 3 nitrogen and oxygen atoms in total. The van der Waals surface area contributed by atoms with E-state index < -0.39 is 0 Å². The second-order valence-electron chi connectivity index (χ2n) is 8.24. The van der Waals surface area contributed by atoms with Gasteiger partial charge in [0.15, 0.2) is 0 Å². The van der Waals surface area contributed by atoms with E-state index in [2.05, 4.69) is 4.90 Å². The van der Waals surface area contributed by atoms with E-state index in [1.807, 2.05) is 0 Å². The van der Waals surface area contributed by atoms with Gasteiger partial charge in [0.05, 0.1) is 18.8 Å². The number of likely N-dealkylation sites (tertiary alicyclic amines) is 1. The third-order valence-corrected chi connectivity index (χ3v) is 6.54. The largest absolute Gasteiger partial charge is 0.389 e. The van der Waals surface area contributed by atoms with Gasteiger partial charge in [-0.1, -0.05) is 6.42 Å². The highest BCUT2D eigenvalue weighted by molar-refractivity contribution is 5.85. The minimum absolute atomic E-state index is 0. The Bertz CT molecular complexity index is 331. The van der Waals surface area contributed by atoms with Crippen molar-refractivity contribution in [2.24, 2.45) is 23.7 Å². The SMILES string of the molecule is Cl.OC(COC1C2CC3CC(C2)CC1C3)CN1CCCCC1. The molecular formula is C18H32ClNO2. The smallest absolute Gasteiger partial charge is 0.0900 e. The summed E-state index contributed by atoms with van der Waals surface area (Å²) in [5, 5.41) is 10.3. The first-order valence-corrected chi connectivity index (χ1v) is 9.30. The Balaban J connectivity index is 0.00000144. The molecule has 0 aromatic rings. The van der Waals surface area contributed by atoms with Crippen molar-refractivity contribution in [3.05, 3.63) is 0 Å². The zero-order valence-electron chi connectivity index (χ0n) is 13.7. The van der Waals surface area contributed by atoms with Gasteiger partial charge in [0.2, 0.25) is 0 Å². The first-order chi connectivity index (χ1) is 10.3. The first kappa shape index (κ1) is 17.0. The van der Waals surface area contributed by atoms with Crippen LogP contribution in [0.15, 0.2) is 0 Å². The van der Waals surface area contributed by atoms with Gasteiger partial charge in [0.25, 0.3) is 0 Å². The molecule has 0 amide bonds. The predicted molar refractivity (Wildman–Crippen MR) is 90.3 cm³/mol. The van der Waals surface area contributed by atoms with E-state index in [1.54, 1.807) is 0 Å². The molecule has 1 unspecified atom stereocenters. The summed E-state index contributed by atoms with van der Waals surface area (Å²) in [6, 6.07) is 0. The Labute approximate surface area is 141 Å². The summed E-state index contributed by atoms with van der Waals surface area (Å²) >= 11 is 0. The first-order valence-electron chi connectivity index (χ1n) is 9.30. The summed E-state index contributed by atoms with van der Waals surface area (Å²) in [6.45, 7) is 3.70. The van der Waals surface area contributed by atoms with E-state index in [0.29, 0.717) is 12.7 Å². The van der Waals surface area contributed by atoms with Crippen molar-refractivity contribution < 1.29 is 9.84 Å². The highest BCUT2D eigenvalue weighted by Gasteiger charge is 2.48. The van der Waals surface area contributed by atoms with Gasteiger partial charge in [-0.15, -0.1) is 12.4 Å². The van der Waals surface area contributed by atoms with Crippen molar-refractivity contribution in [1.82, 2.24) is 4.90 Å². The highest BCUT2D eigenvalue weighted by Crippen LogP contribution is 2.54. The van der Waals surface area contributed by atoms with Crippen molar-refractivity contribution in [3.8, 4) is 0 Å². The zero-order valence-corrected chi connectivity index (χ0v) is 14.5. The van der Waals surface area contributed by atoms with Crippen molar-refractivity contribution in [2.75, 3.05) is 26.2 Å². The van der Waals surface area contributed by atoms with Crippen LogP contribution in [0, 0.1) is 23.7 Å². The number of hydrogen-bond acceptors (Lipinski definition) is 3. The van der Waals surface area contributed by atoms with Crippen LogP contribution >= 0.6 is 12.4 Å². The molecule has 1 saturated heterocycles. The number of nitrogens with zero attached hydrogens (tertiary/aromatic N) is 1. The standard InChI is InChI=1S/C18H31NO2.ClH/c20-17(11-19-4-2-1-3-5-19)12-21-18-15-7-13-6-14(9-15)10-16(18)8-13;/h13-18,20H,1-12H2;1H. The number of aliphatic hydroxyl groups excluding tert-OH is 1. The molecule has 1 N–H and O–H groups in total. The number of aliphatic hydroxyl groups is 1. The van der Waals surface area contributed by atoms with Gasteiger partial charge >= 0.3 is 0 Å². The van der Waals surface area contributed by atoms with Crippen LogP contribution in [0.2, 0.25) is 0 Å². The molecule has 1 aliphatic heterocycles. The van der Waals surface area contributed by atoms with Crippen LogP contribution in [0.3, 0.4) is 0 Å². The van der Waals surface area contributed by atoms with Gasteiger partial charge in [0.1, 0.15) is 0 Å². The Hall–Kier alpha value is 0.170. The molecule has 0 radical (unpaired) electrons. The zero-order chi connectivity index (χ0) is 14.2. The fourth-order valence-electron chi connectivity index (χ4n) is 5.86. The maximum absolute atomic E-state index is 10.3. The van der Waals surface area contributed by atoms with Crippen LogP contribution in [-0.4, -0.2) is 48.5 Å². The van der Waals surface area contributed by atoms with Gasteiger partial charge < -0.3 is 14.7 Å². The maximum Gasteiger partial charge on any atom is 0.0900 e. The van der Waals surface area contributed by atoms with Gasteiger partial charge in [-0.25, -0.2) is 0 Å². The van der Waals surface area contributed by atoms with E-state index >= 15 is 0 Å². The fourth-order valence-corrected chi connectivity index (χ4v) is 5.86. The van der Waals surface area contributed by atoms with Crippen molar-refractivity contribution in [3.63, 3.8) is 0 Å². The van der Waals surface area contributed by atoms with Gasteiger partial charge in [-0.2, -0.15) is 0 Å². The molecule has 1 atom stereocenters. The second kappa shape index (κ2) is 7.38. The molecule has 1 heterocycles.